The van der Waals surface area contributed by atoms with E-state index in [-0.39, 0.29) is 24.0 Å². The Morgan fingerprint density at radius 1 is 1.14 bits per heavy atom. The Morgan fingerprint density at radius 3 is 2.57 bits per heavy atom. The summed E-state index contributed by atoms with van der Waals surface area (Å²) in [6.07, 6.45) is 6.89. The number of aliphatic imine (C=N–C) groups is 1. The molecule has 1 aromatic carbocycles. The van der Waals surface area contributed by atoms with Crippen LogP contribution in [0.4, 0.5) is 5.69 Å². The fourth-order valence-corrected chi connectivity index (χ4v) is 5.19. The molecule has 1 N–H and O–H groups in total. The molecule has 3 atom stereocenters. The molecule has 2 aliphatic heterocycles. The van der Waals surface area contributed by atoms with Gasteiger partial charge in [-0.2, -0.15) is 0 Å². The quantitative estimate of drug-likeness (QED) is 0.389. The van der Waals surface area contributed by atoms with Crippen LogP contribution in [0.2, 0.25) is 0 Å². The second-order valence-corrected chi connectivity index (χ2v) is 8.44. The van der Waals surface area contributed by atoms with Crippen molar-refractivity contribution in [1.29, 1.82) is 0 Å². The maximum atomic E-state index is 5.37. The van der Waals surface area contributed by atoms with Crippen molar-refractivity contribution in [3.8, 4) is 5.75 Å². The first-order valence-electron chi connectivity index (χ1n) is 10.6. The number of hydrogen-bond donors (Lipinski definition) is 1. The minimum absolute atomic E-state index is 0. The fraction of sp³-hybridized carbons (Fsp3) is 0.682. The van der Waals surface area contributed by atoms with Crippen LogP contribution in [0.3, 0.4) is 0 Å². The van der Waals surface area contributed by atoms with E-state index in [1.165, 1.54) is 50.9 Å². The lowest BCUT2D eigenvalue weighted by Crippen LogP contribution is -2.42. The molecule has 0 amide bonds. The van der Waals surface area contributed by atoms with E-state index in [0.717, 1.165) is 43.2 Å². The summed E-state index contributed by atoms with van der Waals surface area (Å²) in [5.74, 6) is 4.51. The van der Waals surface area contributed by atoms with Gasteiger partial charge in [0.05, 0.1) is 7.11 Å². The number of halogens is 1. The molecule has 5 nitrogen and oxygen atoms in total. The molecular formula is C22H35IN4O. The number of ether oxygens (including phenoxy) is 1. The summed E-state index contributed by atoms with van der Waals surface area (Å²) in [7, 11) is 3.66. The molecule has 1 saturated carbocycles. The van der Waals surface area contributed by atoms with Gasteiger partial charge in [0.15, 0.2) is 5.96 Å². The van der Waals surface area contributed by atoms with E-state index in [4.69, 9.17) is 4.74 Å². The van der Waals surface area contributed by atoms with Crippen molar-refractivity contribution in [1.82, 2.24) is 10.2 Å². The number of nitrogens with one attached hydrogen (secondary N) is 1. The molecule has 4 rings (SSSR count). The third-order valence-electron chi connectivity index (χ3n) is 6.74. The zero-order valence-corrected chi connectivity index (χ0v) is 19.6. The number of hydrogen-bond acceptors (Lipinski definition) is 3. The minimum Gasteiger partial charge on any atom is -0.497 e. The Labute approximate surface area is 186 Å². The highest BCUT2D eigenvalue weighted by Crippen LogP contribution is 2.36. The molecule has 0 aromatic heterocycles. The van der Waals surface area contributed by atoms with Crippen LogP contribution in [-0.2, 0) is 0 Å². The molecule has 6 heteroatoms. The first kappa shape index (κ1) is 21.5. The monoisotopic (exact) mass is 498 g/mol. The van der Waals surface area contributed by atoms with Crippen LogP contribution in [0.1, 0.15) is 32.1 Å². The molecule has 28 heavy (non-hydrogen) atoms. The Kier molecular flexibility index (Phi) is 7.71. The second kappa shape index (κ2) is 10.0. The Balaban J connectivity index is 0.00000225. The van der Waals surface area contributed by atoms with Gasteiger partial charge in [0, 0.05) is 51.5 Å². The number of benzene rings is 1. The fourth-order valence-electron chi connectivity index (χ4n) is 5.19. The first-order valence-corrected chi connectivity index (χ1v) is 10.6. The molecule has 156 valence electrons. The van der Waals surface area contributed by atoms with Gasteiger partial charge in [-0.05, 0) is 49.1 Å². The van der Waals surface area contributed by atoms with E-state index in [9.17, 15) is 0 Å². The van der Waals surface area contributed by atoms with E-state index in [2.05, 4.69) is 38.3 Å². The van der Waals surface area contributed by atoms with Gasteiger partial charge in [-0.25, -0.2) is 0 Å². The molecule has 0 spiro atoms. The highest BCUT2D eigenvalue weighted by atomic mass is 127. The number of guanidine groups is 1. The Bertz CT molecular complexity index is 654. The van der Waals surface area contributed by atoms with Gasteiger partial charge in [0.25, 0.3) is 0 Å². The number of likely N-dealkylation sites (tertiary alicyclic amines) is 1. The molecule has 2 saturated heterocycles. The van der Waals surface area contributed by atoms with Gasteiger partial charge in [0.2, 0.25) is 0 Å². The van der Waals surface area contributed by atoms with Gasteiger partial charge >= 0.3 is 0 Å². The summed E-state index contributed by atoms with van der Waals surface area (Å²) in [4.78, 5) is 9.57. The molecule has 3 fully saturated rings. The van der Waals surface area contributed by atoms with Crippen LogP contribution in [0.15, 0.2) is 29.3 Å². The highest BCUT2D eigenvalue weighted by molar-refractivity contribution is 14.0. The normalized spacial score (nSPS) is 27.4. The Hall–Kier alpha value is -1.18. The maximum Gasteiger partial charge on any atom is 0.193 e. The van der Waals surface area contributed by atoms with Gasteiger partial charge in [-0.15, -0.1) is 24.0 Å². The van der Waals surface area contributed by atoms with Crippen molar-refractivity contribution >= 4 is 35.6 Å². The maximum absolute atomic E-state index is 5.37. The lowest BCUT2D eigenvalue weighted by atomic mass is 9.82. The summed E-state index contributed by atoms with van der Waals surface area (Å²) in [5, 5.41) is 3.68. The van der Waals surface area contributed by atoms with Crippen LogP contribution in [0, 0.1) is 17.8 Å². The standard InChI is InChI=1S/C22H34N4O.HI/c1-23-22(26-15-18-6-3-4-7-19(18)16-26)24-13-17-10-11-25(14-17)20-8-5-9-21(12-20)27-2;/h5,8-9,12,17-19H,3-4,6-7,10-11,13-16H2,1-2H3,(H,23,24);1H. The van der Waals surface area contributed by atoms with E-state index in [1.807, 2.05) is 13.1 Å². The lowest BCUT2D eigenvalue weighted by molar-refractivity contribution is 0.299. The van der Waals surface area contributed by atoms with Crippen molar-refractivity contribution in [2.75, 3.05) is 51.8 Å². The minimum atomic E-state index is 0. The van der Waals surface area contributed by atoms with Crippen molar-refractivity contribution in [3.05, 3.63) is 24.3 Å². The average Bonchev–Trinajstić information content (AvgIpc) is 3.35. The van der Waals surface area contributed by atoms with Crippen LogP contribution >= 0.6 is 24.0 Å². The predicted octanol–water partition coefficient (Wildman–Crippen LogP) is 3.84. The van der Waals surface area contributed by atoms with E-state index < -0.39 is 0 Å². The number of methoxy groups -OCH3 is 1. The lowest BCUT2D eigenvalue weighted by Gasteiger charge is -2.24. The molecule has 1 aliphatic carbocycles. The van der Waals surface area contributed by atoms with Crippen molar-refractivity contribution in [3.63, 3.8) is 0 Å². The summed E-state index contributed by atoms with van der Waals surface area (Å²) in [6, 6.07) is 8.41. The summed E-state index contributed by atoms with van der Waals surface area (Å²) < 4.78 is 5.37. The smallest absolute Gasteiger partial charge is 0.193 e. The molecule has 3 aliphatic rings. The molecule has 2 heterocycles. The van der Waals surface area contributed by atoms with Crippen molar-refractivity contribution in [2.24, 2.45) is 22.7 Å². The van der Waals surface area contributed by atoms with E-state index >= 15 is 0 Å². The molecule has 0 radical (unpaired) electrons. The second-order valence-electron chi connectivity index (χ2n) is 8.44. The van der Waals surface area contributed by atoms with Gasteiger partial charge in [-0.3, -0.25) is 4.99 Å². The molecule has 3 unspecified atom stereocenters. The topological polar surface area (TPSA) is 40.1 Å². The number of fused-ring (bicyclic) bond motifs is 1. The third-order valence-corrected chi connectivity index (χ3v) is 6.74. The molecular weight excluding hydrogens is 463 g/mol. The van der Waals surface area contributed by atoms with E-state index in [1.54, 1.807) is 7.11 Å². The summed E-state index contributed by atoms with van der Waals surface area (Å²) in [6.45, 7) is 5.63. The molecule has 0 bridgehead atoms. The Morgan fingerprint density at radius 2 is 1.89 bits per heavy atom. The largest absolute Gasteiger partial charge is 0.497 e. The third kappa shape index (κ3) is 4.86. The molecule has 1 aromatic rings. The number of anilines is 1. The van der Waals surface area contributed by atoms with Crippen LogP contribution in [-0.4, -0.2) is 57.7 Å². The van der Waals surface area contributed by atoms with Crippen molar-refractivity contribution < 1.29 is 4.74 Å². The van der Waals surface area contributed by atoms with Crippen LogP contribution in [0.5, 0.6) is 5.75 Å². The number of rotatable bonds is 4. The SMILES string of the molecule is CN=C(NCC1CCN(c2cccc(OC)c2)C1)N1CC2CCCCC2C1.I. The van der Waals surface area contributed by atoms with Gasteiger partial charge < -0.3 is 19.9 Å². The zero-order valence-electron chi connectivity index (χ0n) is 17.3. The highest BCUT2D eigenvalue weighted by Gasteiger charge is 2.35. The van der Waals surface area contributed by atoms with Crippen LogP contribution < -0.4 is 15.0 Å². The first-order chi connectivity index (χ1) is 13.3. The zero-order chi connectivity index (χ0) is 18.6. The number of nitrogens with zero attached hydrogens (tertiary/aromatic N) is 3. The van der Waals surface area contributed by atoms with Crippen LogP contribution in [0.25, 0.3) is 0 Å². The van der Waals surface area contributed by atoms with Gasteiger partial charge in [0.1, 0.15) is 5.75 Å². The van der Waals surface area contributed by atoms with Crippen molar-refractivity contribution in [2.45, 2.75) is 32.1 Å². The summed E-state index contributed by atoms with van der Waals surface area (Å²) in [5.41, 5.74) is 1.27. The summed E-state index contributed by atoms with van der Waals surface area (Å²) >= 11 is 0. The van der Waals surface area contributed by atoms with E-state index in [0.29, 0.717) is 5.92 Å². The van der Waals surface area contributed by atoms with Gasteiger partial charge in [-0.1, -0.05) is 18.9 Å². The average molecular weight is 498 g/mol. The predicted molar refractivity (Wildman–Crippen MR) is 127 cm³/mol.